The smallest absolute Gasteiger partial charge is 0.309 e. The lowest BCUT2D eigenvalue weighted by Crippen LogP contribution is -2.62. The van der Waals surface area contributed by atoms with E-state index in [-0.39, 0.29) is 34.5 Å². The van der Waals surface area contributed by atoms with Crippen LogP contribution < -0.4 is 5.32 Å². The normalized spacial score (nSPS) is 51.8. The number of piperidine rings is 1. The molecule has 3 aliphatic carbocycles. The van der Waals surface area contributed by atoms with Gasteiger partial charge in [0, 0.05) is 12.0 Å². The maximum Gasteiger partial charge on any atom is 0.309 e. The standard InChI is InChI=1S/C21H33NO3/c1-12-11-21(3)15-9-10-20(2)14(6-7-16(20)19(24)25-4)13(15)5-8-17(21)22-18(12)23/h12-17H,5-11H2,1-4H3,(H,22,23). The summed E-state index contributed by atoms with van der Waals surface area (Å²) in [6.45, 7) is 6.86. The summed E-state index contributed by atoms with van der Waals surface area (Å²) in [5.74, 6) is 2.48. The highest BCUT2D eigenvalue weighted by molar-refractivity contribution is 5.79. The monoisotopic (exact) mass is 347 g/mol. The van der Waals surface area contributed by atoms with Crippen molar-refractivity contribution in [2.75, 3.05) is 7.11 Å². The highest BCUT2D eigenvalue weighted by atomic mass is 16.5. The van der Waals surface area contributed by atoms with E-state index in [1.807, 2.05) is 0 Å². The van der Waals surface area contributed by atoms with E-state index in [1.54, 1.807) is 0 Å². The molecule has 1 saturated heterocycles. The Bertz CT molecular complexity index is 590. The minimum Gasteiger partial charge on any atom is -0.469 e. The predicted molar refractivity (Wildman–Crippen MR) is 95.6 cm³/mol. The second kappa shape index (κ2) is 5.72. The number of rotatable bonds is 1. The van der Waals surface area contributed by atoms with E-state index >= 15 is 0 Å². The number of fused-ring (bicyclic) bond motifs is 5. The zero-order chi connectivity index (χ0) is 18.0. The van der Waals surface area contributed by atoms with Crippen LogP contribution in [-0.4, -0.2) is 25.0 Å². The molecule has 0 aromatic heterocycles. The van der Waals surface area contributed by atoms with Gasteiger partial charge >= 0.3 is 5.97 Å². The van der Waals surface area contributed by atoms with Crippen molar-refractivity contribution >= 4 is 11.9 Å². The minimum absolute atomic E-state index is 0.00176. The molecule has 3 saturated carbocycles. The number of ether oxygens (including phenoxy) is 1. The first-order chi connectivity index (χ1) is 11.8. The zero-order valence-corrected chi connectivity index (χ0v) is 16.1. The molecule has 0 bridgehead atoms. The Hall–Kier alpha value is -1.06. The largest absolute Gasteiger partial charge is 0.469 e. The van der Waals surface area contributed by atoms with E-state index in [9.17, 15) is 9.59 Å². The lowest BCUT2D eigenvalue weighted by molar-refractivity contribution is -0.157. The van der Waals surface area contributed by atoms with Crippen LogP contribution in [0.2, 0.25) is 0 Å². The van der Waals surface area contributed by atoms with Crippen molar-refractivity contribution in [3.05, 3.63) is 0 Å². The Morgan fingerprint density at radius 2 is 1.80 bits per heavy atom. The van der Waals surface area contributed by atoms with Crippen LogP contribution in [0.15, 0.2) is 0 Å². The van der Waals surface area contributed by atoms with Crippen LogP contribution in [0.25, 0.3) is 0 Å². The fourth-order valence-electron chi connectivity index (χ4n) is 7.58. The van der Waals surface area contributed by atoms with Gasteiger partial charge < -0.3 is 10.1 Å². The summed E-state index contributed by atoms with van der Waals surface area (Å²) in [5.41, 5.74) is 0.335. The van der Waals surface area contributed by atoms with Gasteiger partial charge in [0.1, 0.15) is 0 Å². The van der Waals surface area contributed by atoms with Crippen molar-refractivity contribution < 1.29 is 14.3 Å². The number of amides is 1. The molecule has 8 unspecified atom stereocenters. The van der Waals surface area contributed by atoms with Crippen LogP contribution in [0.1, 0.15) is 65.7 Å². The number of nitrogens with one attached hydrogen (secondary N) is 1. The second-order valence-electron chi connectivity index (χ2n) is 9.82. The van der Waals surface area contributed by atoms with Crippen LogP contribution in [0.5, 0.6) is 0 Å². The number of hydrogen-bond acceptors (Lipinski definition) is 3. The molecule has 1 N–H and O–H groups in total. The summed E-state index contributed by atoms with van der Waals surface area (Å²) < 4.78 is 5.13. The third-order valence-corrected chi connectivity index (χ3v) is 8.86. The first-order valence-corrected chi connectivity index (χ1v) is 10.2. The van der Waals surface area contributed by atoms with Gasteiger partial charge in [-0.25, -0.2) is 0 Å². The molecule has 1 aliphatic heterocycles. The Balaban J connectivity index is 1.62. The third-order valence-electron chi connectivity index (χ3n) is 8.86. The first-order valence-electron chi connectivity index (χ1n) is 10.2. The minimum atomic E-state index is 0.00176. The Morgan fingerprint density at radius 3 is 2.52 bits per heavy atom. The Kier molecular flexibility index (Phi) is 3.97. The molecule has 1 amide bonds. The van der Waals surface area contributed by atoms with Crippen LogP contribution in [0.4, 0.5) is 0 Å². The van der Waals surface area contributed by atoms with E-state index in [0.717, 1.165) is 25.7 Å². The molecule has 4 nitrogen and oxygen atoms in total. The molecule has 0 aromatic carbocycles. The fraction of sp³-hybridized carbons (Fsp3) is 0.905. The summed E-state index contributed by atoms with van der Waals surface area (Å²) in [7, 11) is 1.53. The first kappa shape index (κ1) is 17.4. The molecule has 0 spiro atoms. The zero-order valence-electron chi connectivity index (χ0n) is 16.1. The van der Waals surface area contributed by atoms with E-state index in [1.165, 1.54) is 26.4 Å². The number of esters is 1. The molecule has 25 heavy (non-hydrogen) atoms. The number of carbonyl (C=O) groups is 2. The maximum atomic E-state index is 12.3. The fourth-order valence-corrected chi connectivity index (χ4v) is 7.58. The molecule has 140 valence electrons. The van der Waals surface area contributed by atoms with Gasteiger partial charge in [-0.05, 0) is 73.5 Å². The molecule has 4 rings (SSSR count). The summed E-state index contributed by atoms with van der Waals surface area (Å²) in [6.07, 6.45) is 7.81. The van der Waals surface area contributed by atoms with Crippen molar-refractivity contribution in [2.45, 2.75) is 71.8 Å². The lowest BCUT2D eigenvalue weighted by atomic mass is 9.46. The van der Waals surface area contributed by atoms with Crippen LogP contribution >= 0.6 is 0 Å². The van der Waals surface area contributed by atoms with E-state index in [2.05, 4.69) is 26.1 Å². The van der Waals surface area contributed by atoms with Gasteiger partial charge in [0.25, 0.3) is 0 Å². The topological polar surface area (TPSA) is 55.4 Å². The van der Waals surface area contributed by atoms with Crippen molar-refractivity contribution in [1.82, 2.24) is 5.32 Å². The van der Waals surface area contributed by atoms with Crippen molar-refractivity contribution in [3.63, 3.8) is 0 Å². The molecule has 8 atom stereocenters. The Labute approximate surface area is 151 Å². The second-order valence-corrected chi connectivity index (χ2v) is 9.82. The average molecular weight is 347 g/mol. The molecular weight excluding hydrogens is 314 g/mol. The number of methoxy groups -OCH3 is 1. The lowest BCUT2D eigenvalue weighted by Gasteiger charge is -2.60. The number of carbonyl (C=O) groups excluding carboxylic acids is 2. The summed E-state index contributed by atoms with van der Waals surface area (Å²) in [6, 6.07) is 0.347. The SMILES string of the molecule is COC(=O)C1CCC2C3CCC4NC(=O)C(C)CC4(C)C3CCC12C. The maximum absolute atomic E-state index is 12.3. The average Bonchev–Trinajstić information content (AvgIpc) is 2.93. The van der Waals surface area contributed by atoms with E-state index in [0.29, 0.717) is 23.8 Å². The van der Waals surface area contributed by atoms with Gasteiger partial charge in [-0.3, -0.25) is 9.59 Å². The van der Waals surface area contributed by atoms with E-state index < -0.39 is 0 Å². The third kappa shape index (κ3) is 2.31. The van der Waals surface area contributed by atoms with Crippen molar-refractivity contribution in [2.24, 2.45) is 40.4 Å². The molecule has 0 radical (unpaired) electrons. The summed E-state index contributed by atoms with van der Waals surface area (Å²) >= 11 is 0. The highest BCUT2D eigenvalue weighted by Crippen LogP contribution is 2.65. The molecule has 1 heterocycles. The molecule has 4 aliphatic rings. The van der Waals surface area contributed by atoms with Gasteiger partial charge in [-0.15, -0.1) is 0 Å². The van der Waals surface area contributed by atoms with Crippen LogP contribution in [0, 0.1) is 40.4 Å². The highest BCUT2D eigenvalue weighted by Gasteiger charge is 2.62. The quantitative estimate of drug-likeness (QED) is 0.738. The van der Waals surface area contributed by atoms with Crippen LogP contribution in [0.3, 0.4) is 0 Å². The van der Waals surface area contributed by atoms with Crippen molar-refractivity contribution in [3.8, 4) is 0 Å². The predicted octanol–water partition coefficient (Wildman–Crippen LogP) is 3.54. The molecule has 4 heteroatoms. The van der Waals surface area contributed by atoms with Gasteiger partial charge in [0.05, 0.1) is 13.0 Å². The number of hydrogen-bond donors (Lipinski definition) is 1. The van der Waals surface area contributed by atoms with Gasteiger partial charge in [-0.1, -0.05) is 20.8 Å². The van der Waals surface area contributed by atoms with E-state index in [4.69, 9.17) is 4.74 Å². The van der Waals surface area contributed by atoms with Gasteiger partial charge in [-0.2, -0.15) is 0 Å². The van der Waals surface area contributed by atoms with Gasteiger partial charge in [0.2, 0.25) is 5.91 Å². The van der Waals surface area contributed by atoms with Crippen LogP contribution in [-0.2, 0) is 14.3 Å². The Morgan fingerprint density at radius 1 is 1.08 bits per heavy atom. The summed E-state index contributed by atoms with van der Waals surface area (Å²) in [5, 5.41) is 3.33. The van der Waals surface area contributed by atoms with Gasteiger partial charge in [0.15, 0.2) is 0 Å². The molecule has 0 aromatic rings. The molecule has 4 fully saturated rings. The van der Waals surface area contributed by atoms with Crippen molar-refractivity contribution in [1.29, 1.82) is 0 Å². The summed E-state index contributed by atoms with van der Waals surface area (Å²) in [4.78, 5) is 24.5. The molecular formula is C21H33NO3.